The molecule has 0 bridgehead atoms. The number of ketones is 2. The van der Waals surface area contributed by atoms with Crippen LogP contribution in [0.1, 0.15) is 6.42 Å². The minimum Gasteiger partial charge on any atom is -0.504 e. The highest BCUT2D eigenvalue weighted by atomic mass is 16.3. The Morgan fingerprint density at radius 1 is 1.50 bits per heavy atom. The lowest BCUT2D eigenvalue weighted by atomic mass is 10.3. The van der Waals surface area contributed by atoms with E-state index in [2.05, 4.69) is 0 Å². The molecule has 0 atom stereocenters. The van der Waals surface area contributed by atoms with Crippen molar-refractivity contribution in [1.29, 1.82) is 0 Å². The van der Waals surface area contributed by atoms with Crippen LogP contribution in [0.3, 0.4) is 0 Å². The van der Waals surface area contributed by atoms with E-state index >= 15 is 0 Å². The van der Waals surface area contributed by atoms with Crippen molar-refractivity contribution in [1.82, 2.24) is 0 Å². The van der Waals surface area contributed by atoms with Gasteiger partial charge >= 0.3 is 0 Å². The lowest BCUT2D eigenvalue weighted by molar-refractivity contribution is -0.121. The Balaban J connectivity index is 2.88. The average Bonchev–Trinajstić information content (AvgIpc) is 1.85. The molecule has 0 amide bonds. The Kier molecular flexibility index (Phi) is 0.901. The van der Waals surface area contributed by atoms with Crippen molar-refractivity contribution in [3.8, 4) is 0 Å². The first-order valence-electron chi connectivity index (χ1n) is 2.17. The van der Waals surface area contributed by atoms with Crippen molar-refractivity contribution in [3.05, 3.63) is 11.8 Å². The summed E-state index contributed by atoms with van der Waals surface area (Å²) in [6.45, 7) is 0. The van der Waals surface area contributed by atoms with Gasteiger partial charge in [-0.1, -0.05) is 0 Å². The fourth-order valence-electron chi connectivity index (χ4n) is 0.533. The normalized spacial score (nSPS) is 19.2. The van der Waals surface area contributed by atoms with E-state index in [1.54, 1.807) is 0 Å². The van der Waals surface area contributed by atoms with Gasteiger partial charge in [-0.25, -0.2) is 0 Å². The summed E-state index contributed by atoms with van der Waals surface area (Å²) in [6, 6.07) is 0. The van der Waals surface area contributed by atoms with Crippen molar-refractivity contribution in [2.45, 2.75) is 6.42 Å². The van der Waals surface area contributed by atoms with E-state index in [0.29, 0.717) is 0 Å². The van der Waals surface area contributed by atoms with E-state index in [-0.39, 0.29) is 12.2 Å². The maximum atomic E-state index is 10.2. The van der Waals surface area contributed by atoms with Crippen molar-refractivity contribution >= 4 is 11.6 Å². The van der Waals surface area contributed by atoms with Gasteiger partial charge in [-0.05, 0) is 0 Å². The van der Waals surface area contributed by atoms with E-state index in [0.717, 1.165) is 6.08 Å². The fourth-order valence-corrected chi connectivity index (χ4v) is 0.533. The van der Waals surface area contributed by atoms with Crippen LogP contribution in [0.25, 0.3) is 0 Å². The number of hydrogen-bond acceptors (Lipinski definition) is 3. The van der Waals surface area contributed by atoms with Gasteiger partial charge in [0.2, 0.25) is 5.78 Å². The third-order valence-corrected chi connectivity index (χ3v) is 0.918. The predicted octanol–water partition coefficient (Wildman–Crippen LogP) is -0.0298. The van der Waals surface area contributed by atoms with Gasteiger partial charge in [0.25, 0.3) is 0 Å². The molecule has 1 aliphatic carbocycles. The Labute approximate surface area is 45.6 Å². The molecule has 0 fully saturated rings. The van der Waals surface area contributed by atoms with Gasteiger partial charge in [0.15, 0.2) is 11.5 Å². The van der Waals surface area contributed by atoms with E-state index in [1.165, 1.54) is 0 Å². The summed E-state index contributed by atoms with van der Waals surface area (Å²) < 4.78 is 0. The maximum Gasteiger partial charge on any atom is 0.204 e. The molecule has 0 aromatic heterocycles. The molecule has 3 nitrogen and oxygen atoms in total. The predicted molar refractivity (Wildman–Crippen MR) is 25.3 cm³/mol. The molecule has 0 aromatic carbocycles. The molecule has 1 rings (SSSR count). The monoisotopic (exact) mass is 112 g/mol. The Morgan fingerprint density at radius 3 is 2.25 bits per heavy atom. The molecule has 0 aliphatic heterocycles. The van der Waals surface area contributed by atoms with Crippen LogP contribution in [-0.4, -0.2) is 16.7 Å². The minimum absolute atomic E-state index is 0.161. The number of hydrogen-bond donors (Lipinski definition) is 1. The Hall–Kier alpha value is -1.12. The standard InChI is InChI=1S/C5H4O3/c6-3-1-4(7)5(8)2-3/h1,7H,2H2. The molecule has 0 spiro atoms. The van der Waals surface area contributed by atoms with E-state index in [1.807, 2.05) is 0 Å². The Bertz CT molecular complexity index is 178. The number of aliphatic hydroxyl groups excluding tert-OH is 1. The van der Waals surface area contributed by atoms with Gasteiger partial charge in [-0.15, -0.1) is 0 Å². The molecular weight excluding hydrogens is 108 g/mol. The summed E-state index contributed by atoms with van der Waals surface area (Å²) in [4.78, 5) is 20.5. The maximum absolute atomic E-state index is 10.2. The van der Waals surface area contributed by atoms with Gasteiger partial charge in [-0.3, -0.25) is 9.59 Å². The SMILES string of the molecule is O=C1C=C(O)C(=O)C1. The molecule has 1 aliphatic rings. The van der Waals surface area contributed by atoms with Crippen LogP contribution < -0.4 is 0 Å². The van der Waals surface area contributed by atoms with Crippen LogP contribution in [-0.2, 0) is 9.59 Å². The molecule has 3 heteroatoms. The average molecular weight is 112 g/mol. The number of carbonyl (C=O) groups excluding carboxylic acids is 2. The molecule has 1 N–H and O–H groups in total. The zero-order valence-electron chi connectivity index (χ0n) is 4.05. The highest BCUT2D eigenvalue weighted by Gasteiger charge is 2.19. The second-order valence-corrected chi connectivity index (χ2v) is 1.60. The van der Waals surface area contributed by atoms with Gasteiger partial charge in [-0.2, -0.15) is 0 Å². The molecule has 0 saturated carbocycles. The molecule has 0 unspecified atom stereocenters. The van der Waals surface area contributed by atoms with E-state index < -0.39 is 11.5 Å². The second kappa shape index (κ2) is 1.43. The van der Waals surface area contributed by atoms with Crippen molar-refractivity contribution in [2.24, 2.45) is 0 Å². The number of Topliss-reactive ketones (excluding diaryl/α,β-unsaturated/α-hetero) is 1. The lowest BCUT2D eigenvalue weighted by Crippen LogP contribution is -1.95. The molecule has 8 heavy (non-hydrogen) atoms. The van der Waals surface area contributed by atoms with Crippen molar-refractivity contribution in [2.75, 3.05) is 0 Å². The highest BCUT2D eigenvalue weighted by molar-refractivity contribution is 6.17. The lowest BCUT2D eigenvalue weighted by Gasteiger charge is -1.79. The van der Waals surface area contributed by atoms with E-state index in [4.69, 9.17) is 5.11 Å². The first-order chi connectivity index (χ1) is 3.70. The smallest absolute Gasteiger partial charge is 0.204 e. The highest BCUT2D eigenvalue weighted by Crippen LogP contribution is 2.05. The largest absolute Gasteiger partial charge is 0.504 e. The minimum atomic E-state index is -0.477. The molecule has 0 radical (unpaired) electrons. The summed E-state index contributed by atoms with van der Waals surface area (Å²) >= 11 is 0. The molecule has 0 aromatic rings. The fraction of sp³-hybridized carbons (Fsp3) is 0.200. The van der Waals surface area contributed by atoms with Crippen molar-refractivity contribution < 1.29 is 14.7 Å². The topological polar surface area (TPSA) is 54.4 Å². The third-order valence-electron chi connectivity index (χ3n) is 0.918. The molecule has 42 valence electrons. The summed E-state index contributed by atoms with van der Waals surface area (Å²) in [5.74, 6) is -1.20. The zero-order chi connectivity index (χ0) is 6.15. The third kappa shape index (κ3) is 0.621. The van der Waals surface area contributed by atoms with Crippen LogP contribution in [0.4, 0.5) is 0 Å². The van der Waals surface area contributed by atoms with Crippen LogP contribution in [0.15, 0.2) is 11.8 Å². The van der Waals surface area contributed by atoms with Crippen molar-refractivity contribution in [3.63, 3.8) is 0 Å². The molecule has 0 heterocycles. The van der Waals surface area contributed by atoms with Crippen LogP contribution in [0.2, 0.25) is 0 Å². The number of aliphatic hydroxyl groups is 1. The van der Waals surface area contributed by atoms with E-state index in [9.17, 15) is 9.59 Å². The van der Waals surface area contributed by atoms with Gasteiger partial charge in [0.05, 0.1) is 6.42 Å². The summed E-state index contributed by atoms with van der Waals surface area (Å²) in [6.07, 6.45) is 0.786. The van der Waals surface area contributed by atoms with Crippen LogP contribution in [0, 0.1) is 0 Å². The Morgan fingerprint density at radius 2 is 2.12 bits per heavy atom. The van der Waals surface area contributed by atoms with Crippen LogP contribution >= 0.6 is 0 Å². The van der Waals surface area contributed by atoms with Gasteiger partial charge < -0.3 is 5.11 Å². The molecule has 0 saturated heterocycles. The summed E-state index contributed by atoms with van der Waals surface area (Å²) in [5, 5.41) is 8.46. The summed E-state index contributed by atoms with van der Waals surface area (Å²) in [5.41, 5.74) is 0. The number of carbonyl (C=O) groups is 2. The first kappa shape index (κ1) is 5.03. The second-order valence-electron chi connectivity index (χ2n) is 1.60. The first-order valence-corrected chi connectivity index (χ1v) is 2.17. The number of allylic oxidation sites excluding steroid dienone is 2. The van der Waals surface area contributed by atoms with Gasteiger partial charge in [0, 0.05) is 6.08 Å². The molecular formula is C5H4O3. The summed E-state index contributed by atoms with van der Waals surface area (Å²) in [7, 11) is 0. The quantitative estimate of drug-likeness (QED) is 0.448. The van der Waals surface area contributed by atoms with Gasteiger partial charge in [0.1, 0.15) is 0 Å². The van der Waals surface area contributed by atoms with Crippen LogP contribution in [0.5, 0.6) is 0 Å². The zero-order valence-corrected chi connectivity index (χ0v) is 4.05. The number of rotatable bonds is 0.